The van der Waals surface area contributed by atoms with Crippen LogP contribution in [0.3, 0.4) is 0 Å². The van der Waals surface area contributed by atoms with Crippen LogP contribution in [0, 0.1) is 5.82 Å². The summed E-state index contributed by atoms with van der Waals surface area (Å²) < 4.78 is 39.7. The average Bonchev–Trinajstić information content (AvgIpc) is 2.48. The molecular weight excluding hydrogens is 331 g/mol. The minimum Gasteiger partial charge on any atom is -0.347 e. The van der Waals surface area contributed by atoms with Crippen LogP contribution in [0.5, 0.6) is 0 Å². The Hall–Kier alpha value is -1.77. The van der Waals surface area contributed by atoms with E-state index in [9.17, 15) is 12.8 Å². The Kier molecular flexibility index (Phi) is 4.94. The second kappa shape index (κ2) is 6.55. The van der Waals surface area contributed by atoms with E-state index in [0.717, 1.165) is 18.2 Å². The fraction of sp³-hybridized carbons (Fsp3) is 0.231. The van der Waals surface area contributed by atoms with Crippen molar-refractivity contribution in [3.63, 3.8) is 0 Å². The topological polar surface area (TPSA) is 75.2 Å². The van der Waals surface area contributed by atoms with Gasteiger partial charge in [-0.2, -0.15) is 0 Å². The highest BCUT2D eigenvalue weighted by Gasteiger charge is 2.15. The normalized spacial score (nSPS) is 11.5. The number of nitrogens with zero attached hydrogens (tertiary/aromatic N) is 3. The molecule has 0 fully saturated rings. The number of hydrogen-bond acceptors (Lipinski definition) is 5. The van der Waals surface area contributed by atoms with Gasteiger partial charge in [0, 0.05) is 38.6 Å². The van der Waals surface area contributed by atoms with Crippen molar-refractivity contribution in [1.29, 1.82) is 0 Å². The summed E-state index contributed by atoms with van der Waals surface area (Å²) in [6.07, 6.45) is 3.06. The zero-order valence-electron chi connectivity index (χ0n) is 11.9. The van der Waals surface area contributed by atoms with E-state index >= 15 is 0 Å². The Labute approximate surface area is 133 Å². The second-order valence-electron chi connectivity index (χ2n) is 4.69. The van der Waals surface area contributed by atoms with Crippen LogP contribution in [0.15, 0.2) is 35.5 Å². The van der Waals surface area contributed by atoms with Gasteiger partial charge in [0.05, 0.1) is 9.92 Å². The summed E-state index contributed by atoms with van der Waals surface area (Å²) in [5.74, 6) is -0.148. The number of aromatic nitrogens is 2. The van der Waals surface area contributed by atoms with Crippen molar-refractivity contribution in [3.05, 3.63) is 47.0 Å². The van der Waals surface area contributed by atoms with Crippen molar-refractivity contribution in [2.24, 2.45) is 0 Å². The van der Waals surface area contributed by atoms with Crippen molar-refractivity contribution in [2.75, 3.05) is 19.0 Å². The Balaban J connectivity index is 2.10. The lowest BCUT2D eigenvalue weighted by Gasteiger charge is -2.10. The number of sulfonamides is 1. The van der Waals surface area contributed by atoms with Gasteiger partial charge in [0.15, 0.2) is 0 Å². The molecule has 0 atom stereocenters. The molecule has 1 N–H and O–H groups in total. The first kappa shape index (κ1) is 16.6. The molecule has 0 unspecified atom stereocenters. The molecule has 0 aliphatic heterocycles. The average molecular weight is 345 g/mol. The molecule has 0 radical (unpaired) electrons. The van der Waals surface area contributed by atoms with Crippen molar-refractivity contribution in [2.45, 2.75) is 11.4 Å². The molecule has 22 heavy (non-hydrogen) atoms. The van der Waals surface area contributed by atoms with E-state index in [0.29, 0.717) is 11.5 Å². The highest BCUT2D eigenvalue weighted by atomic mass is 35.5. The van der Waals surface area contributed by atoms with Gasteiger partial charge in [-0.3, -0.25) is 0 Å². The van der Waals surface area contributed by atoms with Gasteiger partial charge in [0.2, 0.25) is 16.0 Å². The van der Waals surface area contributed by atoms with E-state index in [2.05, 4.69) is 14.7 Å². The van der Waals surface area contributed by atoms with E-state index in [1.807, 2.05) is 0 Å². The highest BCUT2D eigenvalue weighted by Crippen LogP contribution is 2.19. The molecule has 118 valence electrons. The molecule has 0 spiro atoms. The van der Waals surface area contributed by atoms with Gasteiger partial charge in [-0.05, 0) is 18.2 Å². The Morgan fingerprint density at radius 2 is 1.91 bits per heavy atom. The predicted octanol–water partition coefficient (Wildman–Crippen LogP) is 1.81. The molecule has 2 rings (SSSR count). The van der Waals surface area contributed by atoms with E-state index < -0.39 is 15.8 Å². The number of rotatable bonds is 5. The molecule has 0 aliphatic rings. The van der Waals surface area contributed by atoms with Crippen molar-refractivity contribution >= 4 is 27.6 Å². The minimum atomic E-state index is -3.79. The number of anilines is 1. The van der Waals surface area contributed by atoms with Crippen LogP contribution in [-0.2, 0) is 16.6 Å². The lowest BCUT2D eigenvalue weighted by Crippen LogP contribution is -2.23. The third kappa shape index (κ3) is 3.90. The summed E-state index contributed by atoms with van der Waals surface area (Å²) >= 11 is 5.59. The molecule has 0 bridgehead atoms. The van der Waals surface area contributed by atoms with E-state index in [1.54, 1.807) is 19.0 Å². The van der Waals surface area contributed by atoms with Crippen LogP contribution in [0.4, 0.5) is 10.3 Å². The summed E-state index contributed by atoms with van der Waals surface area (Å²) in [7, 11) is -0.188. The zero-order chi connectivity index (χ0) is 16.3. The van der Waals surface area contributed by atoms with Gasteiger partial charge in [0.1, 0.15) is 5.82 Å². The third-order valence-electron chi connectivity index (χ3n) is 2.76. The second-order valence-corrected chi connectivity index (χ2v) is 6.86. The van der Waals surface area contributed by atoms with Crippen LogP contribution in [0.2, 0.25) is 5.02 Å². The molecular formula is C13H14ClFN4O2S. The molecule has 0 amide bonds. The maximum atomic E-state index is 13.1. The lowest BCUT2D eigenvalue weighted by molar-refractivity contribution is 0.580. The predicted molar refractivity (Wildman–Crippen MR) is 81.8 cm³/mol. The summed E-state index contributed by atoms with van der Waals surface area (Å²) in [6, 6.07) is 3.21. The van der Waals surface area contributed by atoms with Crippen LogP contribution >= 0.6 is 11.6 Å². The standard InChI is InChI=1S/C13H14ClFN4O2S/c1-19(2)13-16-6-9(7-17-13)8-18-22(20,21)10-3-4-12(15)11(14)5-10/h3-7,18H,8H2,1-2H3. The maximum Gasteiger partial charge on any atom is 0.240 e. The fourth-order valence-corrected chi connectivity index (χ4v) is 2.86. The van der Waals surface area contributed by atoms with Gasteiger partial charge in [0.25, 0.3) is 0 Å². The molecule has 0 saturated carbocycles. The molecule has 9 heteroatoms. The molecule has 6 nitrogen and oxygen atoms in total. The molecule has 0 saturated heterocycles. The largest absolute Gasteiger partial charge is 0.347 e. The van der Waals surface area contributed by atoms with E-state index in [4.69, 9.17) is 11.6 Å². The van der Waals surface area contributed by atoms with Crippen LogP contribution < -0.4 is 9.62 Å². The highest BCUT2D eigenvalue weighted by molar-refractivity contribution is 7.89. The van der Waals surface area contributed by atoms with Gasteiger partial charge >= 0.3 is 0 Å². The van der Waals surface area contributed by atoms with Crippen molar-refractivity contribution in [1.82, 2.24) is 14.7 Å². The van der Waals surface area contributed by atoms with Crippen molar-refractivity contribution < 1.29 is 12.8 Å². The molecule has 2 aromatic rings. The SMILES string of the molecule is CN(C)c1ncc(CNS(=O)(=O)c2ccc(F)c(Cl)c2)cn1. The van der Waals surface area contributed by atoms with E-state index in [1.165, 1.54) is 12.4 Å². The van der Waals surface area contributed by atoms with Gasteiger partial charge in [-0.1, -0.05) is 11.6 Å². The van der Waals surface area contributed by atoms with Gasteiger partial charge in [-0.15, -0.1) is 0 Å². The monoisotopic (exact) mass is 344 g/mol. The maximum absolute atomic E-state index is 13.1. The number of benzene rings is 1. The number of hydrogen-bond donors (Lipinski definition) is 1. The lowest BCUT2D eigenvalue weighted by atomic mass is 10.3. The Bertz CT molecular complexity index is 766. The van der Waals surface area contributed by atoms with Crippen LogP contribution in [0.25, 0.3) is 0 Å². The number of halogens is 2. The quantitative estimate of drug-likeness (QED) is 0.895. The van der Waals surface area contributed by atoms with Crippen LogP contribution in [0.1, 0.15) is 5.56 Å². The fourth-order valence-electron chi connectivity index (χ4n) is 1.58. The van der Waals surface area contributed by atoms with Crippen LogP contribution in [-0.4, -0.2) is 32.5 Å². The van der Waals surface area contributed by atoms with Crippen molar-refractivity contribution in [3.8, 4) is 0 Å². The Morgan fingerprint density at radius 3 is 2.45 bits per heavy atom. The van der Waals surface area contributed by atoms with E-state index in [-0.39, 0.29) is 16.5 Å². The summed E-state index contributed by atoms with van der Waals surface area (Å²) in [5.41, 5.74) is 0.599. The third-order valence-corrected chi connectivity index (χ3v) is 4.45. The number of nitrogens with one attached hydrogen (secondary N) is 1. The summed E-state index contributed by atoms with van der Waals surface area (Å²) in [5, 5.41) is -0.249. The molecule has 1 heterocycles. The smallest absolute Gasteiger partial charge is 0.240 e. The van der Waals surface area contributed by atoms with Gasteiger partial charge in [-0.25, -0.2) is 27.5 Å². The molecule has 1 aromatic heterocycles. The van der Waals surface area contributed by atoms with Gasteiger partial charge < -0.3 is 4.90 Å². The minimum absolute atomic E-state index is 0.0189. The first-order valence-electron chi connectivity index (χ1n) is 6.22. The summed E-state index contributed by atoms with van der Waals surface area (Å²) in [4.78, 5) is 9.80. The first-order chi connectivity index (χ1) is 10.3. The first-order valence-corrected chi connectivity index (χ1v) is 8.08. The molecule has 0 aliphatic carbocycles. The summed E-state index contributed by atoms with van der Waals surface area (Å²) in [6.45, 7) is 0.0189. The zero-order valence-corrected chi connectivity index (χ0v) is 13.5. The Morgan fingerprint density at radius 1 is 1.27 bits per heavy atom. The molecule has 1 aromatic carbocycles.